The van der Waals surface area contributed by atoms with Crippen molar-refractivity contribution in [1.82, 2.24) is 0 Å². The van der Waals surface area contributed by atoms with E-state index in [1.165, 1.54) is 6.26 Å². The molecule has 0 N–H and O–H groups in total. The topological polar surface area (TPSA) is 43.4 Å². The van der Waals surface area contributed by atoms with E-state index in [0.29, 0.717) is 11.1 Å². The van der Waals surface area contributed by atoms with Crippen molar-refractivity contribution in [2.45, 2.75) is 4.90 Å². The molecule has 3 nitrogen and oxygen atoms in total. The molecule has 0 radical (unpaired) electrons. The molecule has 0 unspecified atom stereocenters. The van der Waals surface area contributed by atoms with Gasteiger partial charge in [-0.05, 0) is 28.3 Å². The first-order chi connectivity index (χ1) is 15.6. The summed E-state index contributed by atoms with van der Waals surface area (Å²) in [5, 5.41) is 0. The van der Waals surface area contributed by atoms with Crippen molar-refractivity contribution >= 4 is 57.9 Å². The van der Waals surface area contributed by atoms with Crippen LogP contribution < -0.4 is 0 Å². The van der Waals surface area contributed by atoms with Crippen LogP contribution in [0.4, 0.5) is 0 Å². The predicted molar refractivity (Wildman–Crippen MR) is 138 cm³/mol. The van der Waals surface area contributed by atoms with E-state index in [-0.39, 0.29) is 34.5 Å². The molecule has 33 heavy (non-hydrogen) atoms. The average molecular weight is 463 g/mol. The Kier molecular flexibility index (Phi) is 8.87. The summed E-state index contributed by atoms with van der Waals surface area (Å²) >= 11 is 0. The van der Waals surface area contributed by atoms with Crippen molar-refractivity contribution in [2.75, 3.05) is 0 Å². The van der Waals surface area contributed by atoms with Crippen molar-refractivity contribution in [2.24, 2.45) is 0 Å². The van der Waals surface area contributed by atoms with Crippen LogP contribution in [0.25, 0.3) is 29.4 Å². The van der Waals surface area contributed by atoms with Crippen LogP contribution in [0, 0.1) is 0 Å². The molecular formula is C28H23NaO3S. The Hall–Kier alpha value is -2.89. The fourth-order valence-electron chi connectivity index (χ4n) is 3.35. The second-order valence-corrected chi connectivity index (χ2v) is 8.61. The Morgan fingerprint density at radius 1 is 0.576 bits per heavy atom. The third-order valence-electron chi connectivity index (χ3n) is 4.88. The van der Waals surface area contributed by atoms with E-state index in [9.17, 15) is 8.42 Å². The number of hydrogen-bond acceptors (Lipinski definition) is 3. The molecule has 0 aromatic heterocycles. The van der Waals surface area contributed by atoms with E-state index in [4.69, 9.17) is 4.18 Å². The molecule has 160 valence electrons. The van der Waals surface area contributed by atoms with E-state index in [1.54, 1.807) is 24.3 Å². The molecule has 4 aromatic carbocycles. The molecule has 0 heterocycles. The van der Waals surface area contributed by atoms with Crippen LogP contribution in [0.15, 0.2) is 120 Å². The Morgan fingerprint density at radius 3 is 1.73 bits per heavy atom. The molecule has 0 spiro atoms. The molecule has 0 bridgehead atoms. The van der Waals surface area contributed by atoms with Crippen molar-refractivity contribution in [3.63, 3.8) is 0 Å². The van der Waals surface area contributed by atoms with Crippen molar-refractivity contribution in [3.05, 3.63) is 132 Å². The Morgan fingerprint density at radius 2 is 1.12 bits per heavy atom. The standard InChI is InChI=1S/C28H22O3S.Na.H/c29-32(30,31-22-21-24-13-6-2-7-14-24)28-26(20-19-23-11-4-1-5-12-23)17-10-18-27(28)25-15-8-3-9-16-25;;/h1-22H;;. The summed E-state index contributed by atoms with van der Waals surface area (Å²) in [6, 6.07) is 34.0. The summed E-state index contributed by atoms with van der Waals surface area (Å²) in [7, 11) is -4.08. The molecule has 0 fully saturated rings. The summed E-state index contributed by atoms with van der Waals surface area (Å²) in [5.41, 5.74) is 3.78. The second kappa shape index (κ2) is 11.8. The van der Waals surface area contributed by atoms with Gasteiger partial charge in [0.05, 0.1) is 0 Å². The van der Waals surface area contributed by atoms with Gasteiger partial charge in [0.15, 0.2) is 0 Å². The summed E-state index contributed by atoms with van der Waals surface area (Å²) in [4.78, 5) is 0.135. The van der Waals surface area contributed by atoms with E-state index in [2.05, 4.69) is 0 Å². The molecule has 0 aliphatic heterocycles. The second-order valence-electron chi connectivity index (χ2n) is 7.10. The zero-order chi connectivity index (χ0) is 22.2. The van der Waals surface area contributed by atoms with Gasteiger partial charge in [0.25, 0.3) is 0 Å². The molecule has 0 saturated carbocycles. The monoisotopic (exact) mass is 462 g/mol. The molecule has 5 heteroatoms. The van der Waals surface area contributed by atoms with Gasteiger partial charge in [0, 0.05) is 5.56 Å². The van der Waals surface area contributed by atoms with Gasteiger partial charge < -0.3 is 4.18 Å². The van der Waals surface area contributed by atoms with Crippen molar-refractivity contribution in [3.8, 4) is 11.1 Å². The normalized spacial score (nSPS) is 11.4. The molecule has 4 aromatic rings. The molecule has 0 saturated heterocycles. The average Bonchev–Trinajstić information content (AvgIpc) is 2.84. The Balaban J connectivity index is 0.00000306. The van der Waals surface area contributed by atoms with Crippen LogP contribution in [-0.4, -0.2) is 38.0 Å². The summed E-state index contributed by atoms with van der Waals surface area (Å²) in [5.74, 6) is 0. The first kappa shape index (κ1) is 24.7. The number of benzene rings is 4. The first-order valence-corrected chi connectivity index (χ1v) is 11.6. The third-order valence-corrected chi connectivity index (χ3v) is 6.20. The predicted octanol–water partition coefficient (Wildman–Crippen LogP) is 6.25. The van der Waals surface area contributed by atoms with E-state index in [0.717, 1.165) is 16.7 Å². The minimum absolute atomic E-state index is 0. The van der Waals surface area contributed by atoms with Gasteiger partial charge in [-0.1, -0.05) is 121 Å². The number of rotatable bonds is 7. The van der Waals surface area contributed by atoms with Gasteiger partial charge in [-0.3, -0.25) is 0 Å². The molecule has 0 aliphatic carbocycles. The van der Waals surface area contributed by atoms with Crippen molar-refractivity contribution < 1.29 is 12.6 Å². The quantitative estimate of drug-likeness (QED) is 0.141. The Bertz CT molecular complexity index is 1330. The van der Waals surface area contributed by atoms with Gasteiger partial charge in [-0.15, -0.1) is 0 Å². The van der Waals surface area contributed by atoms with Crippen LogP contribution in [0.3, 0.4) is 0 Å². The third kappa shape index (κ3) is 6.56. The maximum absolute atomic E-state index is 13.3. The molecule has 0 atom stereocenters. The van der Waals surface area contributed by atoms with Crippen LogP contribution in [0.5, 0.6) is 0 Å². The zero-order valence-electron chi connectivity index (χ0n) is 17.3. The van der Waals surface area contributed by atoms with Crippen molar-refractivity contribution in [1.29, 1.82) is 0 Å². The van der Waals surface area contributed by atoms with Crippen LogP contribution in [-0.2, 0) is 14.3 Å². The van der Waals surface area contributed by atoms with Gasteiger partial charge in [0.1, 0.15) is 11.2 Å². The molecule has 0 aliphatic rings. The minimum atomic E-state index is -4.08. The number of hydrogen-bond donors (Lipinski definition) is 0. The summed E-state index contributed by atoms with van der Waals surface area (Å²) < 4.78 is 32.0. The van der Waals surface area contributed by atoms with Crippen LogP contribution in [0.2, 0.25) is 0 Å². The SMILES string of the molecule is O=S(=O)(OC=Cc1ccccc1)c1c(C=Cc2ccccc2)cccc1-c1ccccc1.[NaH]. The van der Waals surface area contributed by atoms with E-state index >= 15 is 0 Å². The molecular weight excluding hydrogens is 439 g/mol. The van der Waals surface area contributed by atoms with Crippen LogP contribution in [0.1, 0.15) is 16.7 Å². The van der Waals surface area contributed by atoms with Crippen LogP contribution >= 0.6 is 0 Å². The van der Waals surface area contributed by atoms with E-state index in [1.807, 2.05) is 103 Å². The molecule has 0 amide bonds. The van der Waals surface area contributed by atoms with Gasteiger partial charge >= 0.3 is 39.7 Å². The first-order valence-electron chi connectivity index (χ1n) is 10.2. The molecule has 4 rings (SSSR count). The fourth-order valence-corrected chi connectivity index (χ4v) is 4.53. The maximum atomic E-state index is 13.3. The van der Waals surface area contributed by atoms with Gasteiger partial charge in [-0.25, -0.2) is 0 Å². The summed E-state index contributed by atoms with van der Waals surface area (Å²) in [6.07, 6.45) is 6.54. The van der Waals surface area contributed by atoms with Gasteiger partial charge in [-0.2, -0.15) is 8.42 Å². The Labute approximate surface area is 217 Å². The van der Waals surface area contributed by atoms with E-state index < -0.39 is 10.1 Å². The fraction of sp³-hybridized carbons (Fsp3) is 0. The zero-order valence-corrected chi connectivity index (χ0v) is 18.2. The summed E-state index contributed by atoms with van der Waals surface area (Å²) in [6.45, 7) is 0. The van der Waals surface area contributed by atoms with Gasteiger partial charge in [0.2, 0.25) is 0 Å².